The van der Waals surface area contributed by atoms with Gasteiger partial charge < -0.3 is 13.9 Å². The summed E-state index contributed by atoms with van der Waals surface area (Å²) in [7, 11) is -5.95. The van der Waals surface area contributed by atoms with Gasteiger partial charge in [-0.05, 0) is 11.8 Å². The maximum absolute atomic E-state index is 8.95. The molecule has 0 bridgehead atoms. The molecule has 0 rings (SSSR count). The number of hydrogen-bond donors (Lipinski definition) is 1. The van der Waals surface area contributed by atoms with Crippen LogP contribution in [0.5, 0.6) is 0 Å². The molecule has 45 valence electrons. The summed E-state index contributed by atoms with van der Waals surface area (Å²) in [6, 6.07) is 0. The maximum atomic E-state index is 8.95. The molecule has 8 heavy (non-hydrogen) atoms. The first-order valence-corrected chi connectivity index (χ1v) is 3.75. The number of hydrogen-bond acceptors (Lipinski definition) is 3. The second-order valence-corrected chi connectivity index (χ2v) is 3.34. The zero-order valence-electron chi connectivity index (χ0n) is 10.1. The molecule has 0 saturated heterocycles. The molecule has 0 unspecified atom stereocenters. The van der Waals surface area contributed by atoms with Crippen LogP contribution in [0.25, 0.3) is 0 Å². The molecule has 0 aromatic heterocycles. The Hall–Kier alpha value is 2.17. The van der Waals surface area contributed by atoms with Gasteiger partial charge in [0.1, 0.15) is 0 Å². The van der Waals surface area contributed by atoms with Gasteiger partial charge in [0.25, 0.3) is 0 Å². The third-order valence-electron chi connectivity index (χ3n) is 0.231. The Bertz CT molecular complexity index is 206. The van der Waals surface area contributed by atoms with Crippen molar-refractivity contribution in [2.24, 2.45) is 0 Å². The fourth-order valence-corrected chi connectivity index (χ4v) is 0.0559. The molecular weight excluding hydrogens is 174 g/mol. The summed E-state index contributed by atoms with van der Waals surface area (Å²) < 4.78 is 47.1. The zero-order valence-corrected chi connectivity index (χ0v) is 8.95. The summed E-state index contributed by atoms with van der Waals surface area (Å²) in [4.78, 5) is 8.95. The van der Waals surface area contributed by atoms with Crippen LogP contribution < -0.4 is 0 Å². The molecule has 0 aliphatic carbocycles. The summed E-state index contributed by atoms with van der Waals surface area (Å²) in [5, 5.41) is 0. The average molecular weight is 187 g/mol. The van der Waals surface area contributed by atoms with E-state index in [1.165, 1.54) is 0 Å². The minimum Gasteiger partial charge on any atom is -0.324 e. The predicted molar refractivity (Wildman–Crippen MR) is 36.3 cm³/mol. The van der Waals surface area contributed by atoms with Crippen LogP contribution in [0.3, 0.4) is 0 Å². The van der Waals surface area contributed by atoms with E-state index >= 15 is 0 Å². The summed E-state index contributed by atoms with van der Waals surface area (Å²) in [5.41, 5.74) is 0. The van der Waals surface area contributed by atoms with E-state index in [-0.39, 0.29) is 51.4 Å². The van der Waals surface area contributed by atoms with Gasteiger partial charge in [-0.25, -0.2) is 0 Å². The Morgan fingerprint density at radius 1 is 1.62 bits per heavy atom. The van der Waals surface area contributed by atoms with Crippen molar-refractivity contribution in [1.82, 2.24) is 0 Å². The fourth-order valence-electron chi connectivity index (χ4n) is 0.0186. The fraction of sp³-hybridized carbons (Fsp3) is 1.00. The second kappa shape index (κ2) is 5.91. The van der Waals surface area contributed by atoms with Gasteiger partial charge in [0.05, 0.1) is 8.22 Å². The standard InChI is InChI=1S/C2H7O3PS.K/c1-4-6(3,7)5-2;/h1-2H3,(H,3,7);/i1D3,2D3;. The molecule has 0 amide bonds. The Balaban J connectivity index is 0. The maximum Gasteiger partial charge on any atom is 0.323 e. The second-order valence-electron chi connectivity index (χ2n) is 0.651. The van der Waals surface area contributed by atoms with E-state index in [4.69, 9.17) is 13.1 Å². The SMILES string of the molecule is [2H]C([2H])([2H])OP(O)(=S)OC([2H])([2H])[2H].[K]. The molecular formula is C2H7KO3PS. The van der Waals surface area contributed by atoms with Gasteiger partial charge in [-0.3, -0.25) is 0 Å². The van der Waals surface area contributed by atoms with Crippen LogP contribution in [0.1, 0.15) is 8.22 Å². The smallest absolute Gasteiger partial charge is 0.323 e. The van der Waals surface area contributed by atoms with Gasteiger partial charge in [-0.2, -0.15) is 0 Å². The van der Waals surface area contributed by atoms with Gasteiger partial charge in [-0.1, -0.05) is 0 Å². The third-order valence-corrected chi connectivity index (χ3v) is 1.14. The van der Waals surface area contributed by atoms with Crippen LogP contribution in [0.15, 0.2) is 0 Å². The summed E-state index contributed by atoms with van der Waals surface area (Å²) in [5.74, 6) is 0. The van der Waals surface area contributed by atoms with Gasteiger partial charge in [0, 0.05) is 65.5 Å². The largest absolute Gasteiger partial charge is 0.324 e. The minimum atomic E-state index is -4.23. The summed E-state index contributed by atoms with van der Waals surface area (Å²) in [6.45, 7) is -4.23. The molecule has 6 heteroatoms. The van der Waals surface area contributed by atoms with Crippen LogP contribution >= 0.6 is 6.72 Å². The van der Waals surface area contributed by atoms with Crippen molar-refractivity contribution < 1.29 is 22.2 Å². The number of rotatable bonds is 2. The van der Waals surface area contributed by atoms with E-state index in [9.17, 15) is 0 Å². The van der Waals surface area contributed by atoms with Crippen molar-refractivity contribution in [2.45, 2.75) is 0 Å². The van der Waals surface area contributed by atoms with E-state index < -0.39 is 20.8 Å². The van der Waals surface area contributed by atoms with Gasteiger partial charge in [0.15, 0.2) is 0 Å². The first-order valence-electron chi connectivity index (χ1n) is 4.16. The van der Waals surface area contributed by atoms with Crippen molar-refractivity contribution in [3.05, 3.63) is 0 Å². The predicted octanol–water partition coefficient (Wildman–Crippen LogP) is 0.115. The van der Waals surface area contributed by atoms with Crippen LogP contribution in [-0.2, 0) is 20.9 Å². The van der Waals surface area contributed by atoms with Crippen molar-refractivity contribution >= 4 is 69.9 Å². The molecule has 3 nitrogen and oxygen atoms in total. The van der Waals surface area contributed by atoms with E-state index in [1.807, 2.05) is 0 Å². The molecule has 0 spiro atoms. The topological polar surface area (TPSA) is 38.7 Å². The van der Waals surface area contributed by atoms with Crippen molar-refractivity contribution in [1.29, 1.82) is 0 Å². The monoisotopic (exact) mass is 187 g/mol. The van der Waals surface area contributed by atoms with E-state index in [2.05, 4.69) is 20.9 Å². The Kier molecular flexibility index (Phi) is 3.15. The molecule has 0 atom stereocenters. The Morgan fingerprint density at radius 2 is 2.00 bits per heavy atom. The zero-order chi connectivity index (χ0) is 10.9. The van der Waals surface area contributed by atoms with Crippen molar-refractivity contribution in [3.63, 3.8) is 0 Å². The molecule has 0 fully saturated rings. The molecule has 1 N–H and O–H groups in total. The van der Waals surface area contributed by atoms with Crippen LogP contribution in [-0.4, -0.2) is 70.4 Å². The third kappa shape index (κ3) is 6.29. The normalized spacial score (nSPS) is 24.6. The summed E-state index contributed by atoms with van der Waals surface area (Å²) in [6.07, 6.45) is 0. The molecule has 0 aliphatic heterocycles. The Morgan fingerprint density at radius 3 is 2.25 bits per heavy atom. The quantitative estimate of drug-likeness (QED) is 0.492. The van der Waals surface area contributed by atoms with Crippen molar-refractivity contribution in [3.8, 4) is 0 Å². The van der Waals surface area contributed by atoms with Crippen LogP contribution in [0.4, 0.5) is 0 Å². The molecule has 0 heterocycles. The molecule has 0 saturated carbocycles. The van der Waals surface area contributed by atoms with E-state index in [0.29, 0.717) is 0 Å². The van der Waals surface area contributed by atoms with E-state index in [1.54, 1.807) is 0 Å². The van der Waals surface area contributed by atoms with Crippen molar-refractivity contribution in [2.75, 3.05) is 14.1 Å². The minimum absolute atomic E-state index is 0. The van der Waals surface area contributed by atoms with Crippen LogP contribution in [0, 0.1) is 0 Å². The molecule has 0 aromatic rings. The summed E-state index contributed by atoms with van der Waals surface area (Å²) >= 11 is 4.14. The van der Waals surface area contributed by atoms with Crippen LogP contribution in [0.2, 0.25) is 0 Å². The van der Waals surface area contributed by atoms with E-state index in [0.717, 1.165) is 0 Å². The van der Waals surface area contributed by atoms with Gasteiger partial charge in [-0.15, -0.1) is 0 Å². The molecule has 1 radical (unpaired) electrons. The first-order chi connectivity index (χ1) is 5.41. The molecule has 0 aromatic carbocycles. The molecule has 0 aliphatic rings. The first kappa shape index (κ1) is 4.26. The average Bonchev–Trinajstić information content (AvgIpc) is 1.43. The Labute approximate surface area is 105 Å². The van der Waals surface area contributed by atoms with Gasteiger partial charge in [0.2, 0.25) is 0 Å². The van der Waals surface area contributed by atoms with Gasteiger partial charge >= 0.3 is 6.72 Å².